The zero-order chi connectivity index (χ0) is 27.2. The fourth-order valence-corrected chi connectivity index (χ4v) is 4.15. The minimum Gasteiger partial charge on any atom is -0.497 e. The maximum absolute atomic E-state index is 12.7. The Labute approximate surface area is 222 Å². The van der Waals surface area contributed by atoms with E-state index in [0.29, 0.717) is 46.6 Å². The average Bonchev–Trinajstić information content (AvgIpc) is 2.92. The average molecular weight is 515 g/mol. The van der Waals surface area contributed by atoms with Gasteiger partial charge in [-0.25, -0.2) is 4.79 Å². The highest BCUT2D eigenvalue weighted by Crippen LogP contribution is 2.45. The summed E-state index contributed by atoms with van der Waals surface area (Å²) in [6.45, 7) is 4.84. The molecule has 38 heavy (non-hydrogen) atoms. The van der Waals surface area contributed by atoms with Gasteiger partial charge in [-0.2, -0.15) is 5.26 Å². The zero-order valence-corrected chi connectivity index (χ0v) is 21.8. The fourth-order valence-electron chi connectivity index (χ4n) is 4.15. The van der Waals surface area contributed by atoms with Crippen LogP contribution >= 0.6 is 0 Å². The summed E-state index contributed by atoms with van der Waals surface area (Å²) in [5.74, 6) is 1.83. The van der Waals surface area contributed by atoms with Gasteiger partial charge in [0.1, 0.15) is 28.9 Å². The fraction of sp³-hybridized carbons (Fsp3) is 0.267. The van der Waals surface area contributed by atoms with E-state index in [4.69, 9.17) is 29.4 Å². The molecule has 0 fully saturated rings. The van der Waals surface area contributed by atoms with Gasteiger partial charge in [0.05, 0.1) is 32.3 Å². The van der Waals surface area contributed by atoms with Gasteiger partial charge in [-0.05, 0) is 54.3 Å². The third-order valence-corrected chi connectivity index (χ3v) is 6.18. The lowest BCUT2D eigenvalue weighted by atomic mass is 9.83. The third kappa shape index (κ3) is 5.68. The molecule has 4 rings (SSSR count). The van der Waals surface area contributed by atoms with Crippen molar-refractivity contribution in [2.75, 3.05) is 20.8 Å². The first-order valence-corrected chi connectivity index (χ1v) is 12.2. The van der Waals surface area contributed by atoms with Crippen LogP contribution in [-0.2, 0) is 0 Å². The minimum atomic E-state index is -0.546. The molecule has 0 amide bonds. The standard InChI is InChI=1S/C30H30N2O6/c1-18(2)12-13-36-25-11-8-19(15-27(25)35-4)28-23-10-9-22(16-26(23)38-29(32)24(28)17-31)37-30(33)20-6-5-7-21(14-20)34-3/h5-11,14-16,18,28H,12-13,32H2,1-4H3. The second kappa shape index (κ2) is 11.6. The second-order valence-corrected chi connectivity index (χ2v) is 9.19. The Morgan fingerprint density at radius 2 is 1.84 bits per heavy atom. The normalized spacial score (nSPS) is 14.3. The Bertz CT molecular complexity index is 1410. The molecule has 3 aromatic rings. The smallest absolute Gasteiger partial charge is 0.343 e. The molecule has 1 aliphatic heterocycles. The molecule has 8 heteroatoms. The maximum atomic E-state index is 12.7. The summed E-state index contributed by atoms with van der Waals surface area (Å²) >= 11 is 0. The van der Waals surface area contributed by atoms with Crippen molar-refractivity contribution in [2.24, 2.45) is 11.7 Å². The van der Waals surface area contributed by atoms with Crippen molar-refractivity contribution in [3.63, 3.8) is 0 Å². The number of benzene rings is 3. The molecular weight excluding hydrogens is 484 g/mol. The Kier molecular flexibility index (Phi) is 8.07. The van der Waals surface area contributed by atoms with E-state index in [9.17, 15) is 10.1 Å². The van der Waals surface area contributed by atoms with Gasteiger partial charge >= 0.3 is 5.97 Å². The van der Waals surface area contributed by atoms with Crippen molar-refractivity contribution in [1.29, 1.82) is 5.26 Å². The van der Waals surface area contributed by atoms with E-state index in [1.165, 1.54) is 7.11 Å². The number of nitriles is 1. The molecule has 8 nitrogen and oxygen atoms in total. The van der Waals surface area contributed by atoms with E-state index >= 15 is 0 Å². The molecule has 2 N–H and O–H groups in total. The van der Waals surface area contributed by atoms with Crippen LogP contribution in [0.15, 0.2) is 72.1 Å². The van der Waals surface area contributed by atoms with Gasteiger partial charge in [0.2, 0.25) is 5.88 Å². The van der Waals surface area contributed by atoms with Crippen LogP contribution in [-0.4, -0.2) is 26.8 Å². The molecule has 0 radical (unpaired) electrons. The number of fused-ring (bicyclic) bond motifs is 1. The third-order valence-electron chi connectivity index (χ3n) is 6.18. The molecule has 196 valence electrons. The van der Waals surface area contributed by atoms with Gasteiger partial charge in [0.15, 0.2) is 11.5 Å². The number of nitrogens with two attached hydrogens (primary N) is 1. The number of rotatable bonds is 9. The first-order chi connectivity index (χ1) is 18.3. The van der Waals surface area contributed by atoms with E-state index in [0.717, 1.165) is 12.0 Å². The monoisotopic (exact) mass is 514 g/mol. The van der Waals surface area contributed by atoms with Crippen LogP contribution < -0.4 is 29.4 Å². The molecule has 1 atom stereocenters. The van der Waals surface area contributed by atoms with Gasteiger partial charge in [-0.3, -0.25) is 0 Å². The van der Waals surface area contributed by atoms with Crippen LogP contribution in [0.3, 0.4) is 0 Å². The van der Waals surface area contributed by atoms with Gasteiger partial charge in [0, 0.05) is 11.6 Å². The second-order valence-electron chi connectivity index (χ2n) is 9.19. The molecule has 0 spiro atoms. The maximum Gasteiger partial charge on any atom is 0.343 e. The molecule has 1 aliphatic rings. The van der Waals surface area contributed by atoms with Gasteiger partial charge in [-0.1, -0.05) is 32.0 Å². The summed E-state index contributed by atoms with van der Waals surface area (Å²) in [7, 11) is 3.10. The molecule has 0 aliphatic carbocycles. The van der Waals surface area contributed by atoms with Crippen molar-refractivity contribution >= 4 is 5.97 Å². The van der Waals surface area contributed by atoms with E-state index in [-0.39, 0.29) is 17.2 Å². The number of methoxy groups -OCH3 is 2. The lowest BCUT2D eigenvalue weighted by Crippen LogP contribution is -2.21. The van der Waals surface area contributed by atoms with E-state index in [2.05, 4.69) is 19.9 Å². The topological polar surface area (TPSA) is 113 Å². The lowest BCUT2D eigenvalue weighted by Gasteiger charge is -2.27. The van der Waals surface area contributed by atoms with E-state index in [1.807, 2.05) is 18.2 Å². The zero-order valence-electron chi connectivity index (χ0n) is 21.8. The Morgan fingerprint density at radius 1 is 1.03 bits per heavy atom. The number of carbonyl (C=O) groups is 1. The molecule has 0 aromatic heterocycles. The van der Waals surface area contributed by atoms with Crippen molar-refractivity contribution in [1.82, 2.24) is 0 Å². The number of hydrogen-bond acceptors (Lipinski definition) is 8. The van der Waals surface area contributed by atoms with Crippen LogP contribution in [0.1, 0.15) is 47.7 Å². The number of carbonyl (C=O) groups excluding carboxylic acids is 1. The molecule has 0 saturated carbocycles. The molecule has 3 aromatic carbocycles. The van der Waals surface area contributed by atoms with Crippen LogP contribution in [0.5, 0.6) is 28.7 Å². The molecule has 0 bridgehead atoms. The molecule has 1 unspecified atom stereocenters. The van der Waals surface area contributed by atoms with E-state index < -0.39 is 11.9 Å². The number of ether oxygens (including phenoxy) is 5. The van der Waals surface area contributed by atoms with Crippen LogP contribution in [0.2, 0.25) is 0 Å². The van der Waals surface area contributed by atoms with Crippen molar-refractivity contribution < 1.29 is 28.5 Å². The highest BCUT2D eigenvalue weighted by Gasteiger charge is 2.32. The summed E-state index contributed by atoms with van der Waals surface area (Å²) in [5.41, 5.74) is 8.26. The SMILES string of the molecule is COc1cccc(C(=O)Oc2ccc3c(c2)OC(N)=C(C#N)C3c2ccc(OCCC(C)C)c(OC)c2)c1. The number of allylic oxidation sites excluding steroid dienone is 1. The predicted octanol–water partition coefficient (Wildman–Crippen LogP) is 5.57. The Balaban J connectivity index is 1.64. The molecule has 0 saturated heterocycles. The van der Waals surface area contributed by atoms with Crippen LogP contribution in [0, 0.1) is 17.2 Å². The van der Waals surface area contributed by atoms with Crippen molar-refractivity contribution in [2.45, 2.75) is 26.2 Å². The summed E-state index contributed by atoms with van der Waals surface area (Å²) in [4.78, 5) is 12.7. The lowest BCUT2D eigenvalue weighted by molar-refractivity contribution is 0.0734. The van der Waals surface area contributed by atoms with Crippen molar-refractivity contribution in [3.8, 4) is 34.8 Å². The highest BCUT2D eigenvalue weighted by molar-refractivity contribution is 5.91. The minimum absolute atomic E-state index is 0.0162. The predicted molar refractivity (Wildman–Crippen MR) is 142 cm³/mol. The number of hydrogen-bond donors (Lipinski definition) is 1. The molecular formula is C30H30N2O6. The summed E-state index contributed by atoms with van der Waals surface area (Å²) < 4.78 is 28.0. The Hall–Kier alpha value is -4.64. The highest BCUT2D eigenvalue weighted by atomic mass is 16.5. The quantitative estimate of drug-likeness (QED) is 0.291. The Morgan fingerprint density at radius 3 is 2.55 bits per heavy atom. The summed E-state index contributed by atoms with van der Waals surface area (Å²) in [5, 5.41) is 9.91. The summed E-state index contributed by atoms with van der Waals surface area (Å²) in [6.07, 6.45) is 0.917. The largest absolute Gasteiger partial charge is 0.497 e. The van der Waals surface area contributed by atoms with Crippen LogP contribution in [0.25, 0.3) is 0 Å². The number of nitrogens with zero attached hydrogens (tertiary/aromatic N) is 1. The van der Waals surface area contributed by atoms with E-state index in [1.54, 1.807) is 49.6 Å². The van der Waals surface area contributed by atoms with Gasteiger partial charge in [-0.15, -0.1) is 0 Å². The molecule has 1 heterocycles. The van der Waals surface area contributed by atoms with Gasteiger partial charge < -0.3 is 29.4 Å². The van der Waals surface area contributed by atoms with Crippen LogP contribution in [0.4, 0.5) is 0 Å². The van der Waals surface area contributed by atoms with Gasteiger partial charge in [0.25, 0.3) is 0 Å². The van der Waals surface area contributed by atoms with Crippen molar-refractivity contribution in [3.05, 3.63) is 88.8 Å². The summed E-state index contributed by atoms with van der Waals surface area (Å²) in [6, 6.07) is 19.4. The first-order valence-electron chi connectivity index (χ1n) is 12.2. The first kappa shape index (κ1) is 26.4. The number of esters is 1.